The fourth-order valence-electron chi connectivity index (χ4n) is 2.29. The lowest BCUT2D eigenvalue weighted by atomic mass is 9.94. The van der Waals surface area contributed by atoms with Crippen LogP contribution in [0.25, 0.3) is 0 Å². The Morgan fingerprint density at radius 2 is 2.15 bits per heavy atom. The predicted octanol–water partition coefficient (Wildman–Crippen LogP) is 2.79. The van der Waals surface area contributed by atoms with E-state index in [9.17, 15) is 0 Å². The van der Waals surface area contributed by atoms with Crippen molar-refractivity contribution in [2.24, 2.45) is 7.05 Å². The van der Waals surface area contributed by atoms with Crippen LogP contribution in [0, 0.1) is 0 Å². The number of hydrogen-bond donors (Lipinski definition) is 1. The molecule has 0 saturated carbocycles. The van der Waals surface area contributed by atoms with Gasteiger partial charge in [0.2, 0.25) is 0 Å². The Balaban J connectivity index is 2.13. The summed E-state index contributed by atoms with van der Waals surface area (Å²) < 4.78 is 1.73. The average molecular weight is 293 g/mol. The first-order valence-electron chi connectivity index (χ1n) is 7.01. The normalized spacial score (nSPS) is 12.6. The first-order valence-corrected chi connectivity index (χ1v) is 7.38. The molecule has 1 aromatic carbocycles. The van der Waals surface area contributed by atoms with Gasteiger partial charge in [0.1, 0.15) is 0 Å². The molecule has 0 spiro atoms. The third kappa shape index (κ3) is 4.05. The Morgan fingerprint density at radius 3 is 2.80 bits per heavy atom. The molecule has 2 rings (SSSR count). The summed E-state index contributed by atoms with van der Waals surface area (Å²) >= 11 is 6.33. The van der Waals surface area contributed by atoms with Crippen LogP contribution in [0.2, 0.25) is 5.02 Å². The summed E-state index contributed by atoms with van der Waals surface area (Å²) in [4.78, 5) is 0. The van der Waals surface area contributed by atoms with Gasteiger partial charge in [-0.2, -0.15) is 0 Å². The van der Waals surface area contributed by atoms with Gasteiger partial charge in [-0.15, -0.1) is 5.10 Å². The van der Waals surface area contributed by atoms with Crippen LogP contribution in [0.1, 0.15) is 30.5 Å². The highest BCUT2D eigenvalue weighted by Gasteiger charge is 2.16. The first kappa shape index (κ1) is 15.0. The standard InChI is InChI=1S/C15H21ClN4/c1-3-8-17-10-12(9-13-11-20(2)19-18-13)14-6-4-5-7-15(14)16/h4-7,11-12,17H,3,8-10H2,1-2H3. The molecule has 4 nitrogen and oxygen atoms in total. The lowest BCUT2D eigenvalue weighted by Gasteiger charge is -2.18. The Bertz CT molecular complexity index is 538. The van der Waals surface area contributed by atoms with E-state index in [1.165, 1.54) is 5.56 Å². The Labute approximate surface area is 125 Å². The second-order valence-electron chi connectivity index (χ2n) is 5.01. The average Bonchev–Trinajstić information content (AvgIpc) is 2.84. The SMILES string of the molecule is CCCNCC(Cc1cn(C)nn1)c1ccccc1Cl. The van der Waals surface area contributed by atoms with Gasteiger partial charge >= 0.3 is 0 Å². The molecule has 108 valence electrons. The molecular formula is C15H21ClN4. The highest BCUT2D eigenvalue weighted by atomic mass is 35.5. The van der Waals surface area contributed by atoms with E-state index in [2.05, 4.69) is 28.6 Å². The number of nitrogens with one attached hydrogen (secondary N) is 1. The summed E-state index contributed by atoms with van der Waals surface area (Å²) in [5.41, 5.74) is 2.17. The van der Waals surface area contributed by atoms with Gasteiger partial charge in [0.25, 0.3) is 0 Å². The van der Waals surface area contributed by atoms with Crippen molar-refractivity contribution in [1.29, 1.82) is 0 Å². The van der Waals surface area contributed by atoms with E-state index < -0.39 is 0 Å². The second-order valence-corrected chi connectivity index (χ2v) is 5.42. The van der Waals surface area contributed by atoms with Crippen LogP contribution < -0.4 is 5.32 Å². The first-order chi connectivity index (χ1) is 9.70. The van der Waals surface area contributed by atoms with Crippen molar-refractivity contribution in [2.75, 3.05) is 13.1 Å². The van der Waals surface area contributed by atoms with Crippen molar-refractivity contribution >= 4 is 11.6 Å². The lowest BCUT2D eigenvalue weighted by molar-refractivity contribution is 0.571. The minimum Gasteiger partial charge on any atom is -0.316 e. The minimum absolute atomic E-state index is 0.312. The third-order valence-electron chi connectivity index (χ3n) is 3.27. The molecule has 0 aliphatic carbocycles. The zero-order valence-electron chi connectivity index (χ0n) is 12.0. The topological polar surface area (TPSA) is 42.7 Å². The van der Waals surface area contributed by atoms with Gasteiger partial charge in [-0.1, -0.05) is 41.9 Å². The van der Waals surface area contributed by atoms with E-state index in [0.717, 1.165) is 36.6 Å². The molecule has 0 amide bonds. The van der Waals surface area contributed by atoms with Crippen LogP contribution >= 0.6 is 11.6 Å². The number of halogens is 1. The number of aromatic nitrogens is 3. The Hall–Kier alpha value is -1.39. The van der Waals surface area contributed by atoms with E-state index in [-0.39, 0.29) is 0 Å². The van der Waals surface area contributed by atoms with E-state index in [1.807, 2.05) is 31.4 Å². The fraction of sp³-hybridized carbons (Fsp3) is 0.467. The number of hydrogen-bond acceptors (Lipinski definition) is 3. The van der Waals surface area contributed by atoms with E-state index >= 15 is 0 Å². The molecule has 0 fully saturated rings. The van der Waals surface area contributed by atoms with Crippen molar-refractivity contribution in [2.45, 2.75) is 25.7 Å². The molecule has 0 saturated heterocycles. The van der Waals surface area contributed by atoms with Gasteiger partial charge < -0.3 is 5.32 Å². The summed E-state index contributed by atoms with van der Waals surface area (Å²) in [7, 11) is 1.89. The molecule has 0 bridgehead atoms. The van der Waals surface area contributed by atoms with Crippen LogP contribution in [0.15, 0.2) is 30.5 Å². The monoisotopic (exact) mass is 292 g/mol. The minimum atomic E-state index is 0.312. The summed E-state index contributed by atoms with van der Waals surface area (Å²) in [6.07, 6.45) is 3.93. The van der Waals surface area contributed by atoms with E-state index in [0.29, 0.717) is 5.92 Å². The van der Waals surface area contributed by atoms with Gasteiger partial charge in [0.15, 0.2) is 0 Å². The van der Waals surface area contributed by atoms with Gasteiger partial charge in [-0.25, -0.2) is 0 Å². The van der Waals surface area contributed by atoms with Crippen LogP contribution in [0.5, 0.6) is 0 Å². The maximum atomic E-state index is 6.33. The number of benzene rings is 1. The summed E-state index contributed by atoms with van der Waals surface area (Å²) in [6, 6.07) is 8.03. The van der Waals surface area contributed by atoms with Gasteiger partial charge in [0.05, 0.1) is 5.69 Å². The van der Waals surface area contributed by atoms with Crippen LogP contribution in [-0.4, -0.2) is 28.1 Å². The zero-order valence-corrected chi connectivity index (χ0v) is 12.8. The zero-order chi connectivity index (χ0) is 14.4. The summed E-state index contributed by atoms with van der Waals surface area (Å²) in [5, 5.41) is 12.5. The Kier molecular flexibility index (Phi) is 5.56. The van der Waals surface area contributed by atoms with Crippen LogP contribution in [0.3, 0.4) is 0 Å². The maximum absolute atomic E-state index is 6.33. The quantitative estimate of drug-likeness (QED) is 0.798. The molecule has 1 N–H and O–H groups in total. The molecule has 20 heavy (non-hydrogen) atoms. The second kappa shape index (κ2) is 7.41. The molecular weight excluding hydrogens is 272 g/mol. The highest BCUT2D eigenvalue weighted by Crippen LogP contribution is 2.26. The molecule has 5 heteroatoms. The van der Waals surface area contributed by atoms with Crippen molar-refractivity contribution in [1.82, 2.24) is 20.3 Å². The lowest BCUT2D eigenvalue weighted by Crippen LogP contribution is -2.24. The Morgan fingerprint density at radius 1 is 1.35 bits per heavy atom. The van der Waals surface area contributed by atoms with Crippen molar-refractivity contribution in [3.63, 3.8) is 0 Å². The van der Waals surface area contributed by atoms with E-state index in [4.69, 9.17) is 11.6 Å². The molecule has 1 aromatic heterocycles. The van der Waals surface area contributed by atoms with Gasteiger partial charge in [-0.05, 0) is 24.6 Å². The smallest absolute Gasteiger partial charge is 0.0833 e. The van der Waals surface area contributed by atoms with Crippen LogP contribution in [0.4, 0.5) is 0 Å². The molecule has 0 radical (unpaired) electrons. The van der Waals surface area contributed by atoms with Crippen molar-refractivity contribution in [3.05, 3.63) is 46.7 Å². The predicted molar refractivity (Wildman–Crippen MR) is 82.1 cm³/mol. The maximum Gasteiger partial charge on any atom is 0.0833 e. The van der Waals surface area contributed by atoms with Crippen LogP contribution in [-0.2, 0) is 13.5 Å². The van der Waals surface area contributed by atoms with Gasteiger partial charge in [0, 0.05) is 37.2 Å². The highest BCUT2D eigenvalue weighted by molar-refractivity contribution is 6.31. The summed E-state index contributed by atoms with van der Waals surface area (Å²) in [6.45, 7) is 4.08. The largest absolute Gasteiger partial charge is 0.316 e. The molecule has 1 atom stereocenters. The van der Waals surface area contributed by atoms with Crippen molar-refractivity contribution < 1.29 is 0 Å². The van der Waals surface area contributed by atoms with Crippen molar-refractivity contribution in [3.8, 4) is 0 Å². The van der Waals surface area contributed by atoms with E-state index in [1.54, 1.807) is 4.68 Å². The molecule has 1 unspecified atom stereocenters. The molecule has 1 heterocycles. The number of rotatable bonds is 7. The summed E-state index contributed by atoms with van der Waals surface area (Å²) in [5.74, 6) is 0.312. The number of aryl methyl sites for hydroxylation is 1. The molecule has 2 aromatic rings. The molecule has 0 aliphatic heterocycles. The van der Waals surface area contributed by atoms with Gasteiger partial charge in [-0.3, -0.25) is 4.68 Å². The third-order valence-corrected chi connectivity index (χ3v) is 3.61. The number of nitrogens with zero attached hydrogens (tertiary/aromatic N) is 3. The fourth-order valence-corrected chi connectivity index (χ4v) is 2.58. The molecule has 0 aliphatic rings.